The lowest BCUT2D eigenvalue weighted by molar-refractivity contribution is -0.136. The van der Waals surface area contributed by atoms with Crippen LogP contribution >= 0.6 is 0 Å². The maximum Gasteiger partial charge on any atom is 0.239 e. The average molecular weight is 843 g/mol. The summed E-state index contributed by atoms with van der Waals surface area (Å²) in [5.74, 6) is -0.589. The molecule has 2 aliphatic rings. The second-order valence-electron chi connectivity index (χ2n) is 18.5. The fourth-order valence-corrected chi connectivity index (χ4v) is 10.3. The van der Waals surface area contributed by atoms with Crippen molar-refractivity contribution in [2.45, 2.75) is 100 Å². The van der Waals surface area contributed by atoms with Crippen molar-refractivity contribution in [2.24, 2.45) is 10.2 Å². The molecule has 4 atom stereocenters. The largest absolute Gasteiger partial charge is 0.381 e. The molecule has 0 fully saturated rings. The van der Waals surface area contributed by atoms with Gasteiger partial charge < -0.3 is 19.3 Å². The molecule has 2 heterocycles. The Bertz CT molecular complexity index is 2060. The number of anilines is 2. The zero-order chi connectivity index (χ0) is 43.0. The molecule has 0 saturated carbocycles. The van der Waals surface area contributed by atoms with Gasteiger partial charge >= 0.3 is 0 Å². The molecule has 0 saturated heterocycles. The van der Waals surface area contributed by atoms with Gasteiger partial charge in [0.05, 0.1) is 49.2 Å². The van der Waals surface area contributed by atoms with Crippen LogP contribution in [0.2, 0.25) is 51.4 Å². The van der Waals surface area contributed by atoms with E-state index in [0.29, 0.717) is 35.7 Å². The molecule has 60 heavy (non-hydrogen) atoms. The van der Waals surface area contributed by atoms with Crippen molar-refractivity contribution < 1.29 is 19.1 Å². The number of carbonyl (C=O) groups excluding carboxylic acids is 2. The molecule has 2 aliphatic heterocycles. The standard InChI is InChI=1S/C46H58N8O4Si2/c1-59(2,3)27-25-57-33-37(49-51-47)29-45(39-21-13-15-23-41(39)53(43(45)55)31-35-17-9-7-10-18-35)46(30-38(50-52-48)34-58-26-28-60(4,5)6)40-22-14-16-24-42(40)54(44(46)56)32-36-19-11-8-12-20-36/h7-24,37-38H,25-34H2,1-6H3/t37-,38-,45+,46+/m0/s1. The van der Waals surface area contributed by atoms with Gasteiger partial charge in [-0.3, -0.25) is 9.59 Å². The predicted molar refractivity (Wildman–Crippen MR) is 245 cm³/mol. The summed E-state index contributed by atoms with van der Waals surface area (Å²) < 4.78 is 12.6. The first-order chi connectivity index (χ1) is 28.7. The summed E-state index contributed by atoms with van der Waals surface area (Å²) in [5, 5.41) is 8.64. The predicted octanol–water partition coefficient (Wildman–Crippen LogP) is 10.8. The Labute approximate surface area is 356 Å². The highest BCUT2D eigenvalue weighted by Gasteiger charge is 2.71. The zero-order valence-electron chi connectivity index (χ0n) is 35.8. The van der Waals surface area contributed by atoms with Gasteiger partial charge in [0.2, 0.25) is 11.8 Å². The first kappa shape index (κ1) is 44.3. The van der Waals surface area contributed by atoms with Crippen molar-refractivity contribution in [3.05, 3.63) is 152 Å². The number of hydrogen-bond donors (Lipinski definition) is 0. The summed E-state index contributed by atoms with van der Waals surface area (Å²) in [6, 6.07) is 35.0. The molecule has 314 valence electrons. The normalized spacial score (nSPS) is 19.6. The van der Waals surface area contributed by atoms with Crippen molar-refractivity contribution >= 4 is 39.3 Å². The van der Waals surface area contributed by atoms with E-state index < -0.39 is 39.1 Å². The minimum atomic E-state index is -1.65. The molecule has 0 spiro atoms. The number of azide groups is 2. The van der Waals surface area contributed by atoms with Crippen molar-refractivity contribution in [3.8, 4) is 0 Å². The molecule has 2 amide bonds. The van der Waals surface area contributed by atoms with Gasteiger partial charge in [-0.05, 0) is 70.4 Å². The Morgan fingerprint density at radius 2 is 0.917 bits per heavy atom. The van der Waals surface area contributed by atoms with Crippen LogP contribution in [0, 0.1) is 0 Å². The first-order valence-electron chi connectivity index (χ1n) is 20.9. The number of rotatable bonds is 21. The lowest BCUT2D eigenvalue weighted by Crippen LogP contribution is -2.62. The molecule has 4 aromatic carbocycles. The van der Waals surface area contributed by atoms with Crippen molar-refractivity contribution in [1.29, 1.82) is 0 Å². The van der Waals surface area contributed by atoms with Crippen LogP contribution in [-0.2, 0) is 43.0 Å². The van der Waals surface area contributed by atoms with Crippen LogP contribution in [0.1, 0.15) is 35.1 Å². The van der Waals surface area contributed by atoms with Crippen LogP contribution in [0.25, 0.3) is 20.9 Å². The molecule has 14 heteroatoms. The van der Waals surface area contributed by atoms with Crippen molar-refractivity contribution in [3.63, 3.8) is 0 Å². The van der Waals surface area contributed by atoms with Gasteiger partial charge in [0.25, 0.3) is 0 Å². The third-order valence-electron chi connectivity index (χ3n) is 11.8. The average Bonchev–Trinajstić information content (AvgIpc) is 3.59. The third-order valence-corrected chi connectivity index (χ3v) is 15.2. The fourth-order valence-electron chi connectivity index (χ4n) is 8.78. The number of fused-ring (bicyclic) bond motifs is 2. The summed E-state index contributed by atoms with van der Waals surface area (Å²) in [4.78, 5) is 42.7. The second kappa shape index (κ2) is 19.0. The molecule has 0 radical (unpaired) electrons. The van der Waals surface area contributed by atoms with Gasteiger partial charge in [0.1, 0.15) is 0 Å². The summed E-state index contributed by atoms with van der Waals surface area (Å²) in [6.45, 7) is 15.2. The van der Waals surface area contributed by atoms with Crippen LogP contribution in [0.15, 0.2) is 119 Å². The first-order valence-corrected chi connectivity index (χ1v) is 28.3. The lowest BCUT2D eigenvalue weighted by Gasteiger charge is -2.47. The van der Waals surface area contributed by atoms with E-state index in [1.807, 2.05) is 109 Å². The van der Waals surface area contributed by atoms with Gasteiger partial charge in [0, 0.05) is 50.6 Å². The molecule has 0 bridgehead atoms. The van der Waals surface area contributed by atoms with E-state index in [2.05, 4.69) is 59.3 Å². The second-order valence-corrected chi connectivity index (χ2v) is 29.7. The number of para-hydroxylation sites is 2. The summed E-state index contributed by atoms with van der Waals surface area (Å²) in [6.07, 6.45) is -0.0757. The zero-order valence-corrected chi connectivity index (χ0v) is 37.8. The fraction of sp³-hybridized carbons (Fsp3) is 0.435. The molecule has 6 rings (SSSR count). The van der Waals surface area contributed by atoms with Crippen molar-refractivity contribution in [1.82, 2.24) is 0 Å². The summed E-state index contributed by atoms with van der Waals surface area (Å²) >= 11 is 0. The highest BCUT2D eigenvalue weighted by molar-refractivity contribution is 6.76. The minimum Gasteiger partial charge on any atom is -0.381 e. The van der Waals surface area contributed by atoms with Crippen LogP contribution in [0.3, 0.4) is 0 Å². The lowest BCUT2D eigenvalue weighted by atomic mass is 9.53. The number of amides is 2. The number of nitrogens with zero attached hydrogens (tertiary/aromatic N) is 8. The molecule has 0 unspecified atom stereocenters. The van der Waals surface area contributed by atoms with Crippen LogP contribution < -0.4 is 9.80 Å². The Morgan fingerprint density at radius 3 is 1.27 bits per heavy atom. The molecular formula is C46H58N8O4Si2. The topological polar surface area (TPSA) is 157 Å². The Balaban J connectivity index is 1.60. The van der Waals surface area contributed by atoms with E-state index in [1.165, 1.54) is 0 Å². The Morgan fingerprint density at radius 1 is 0.567 bits per heavy atom. The Hall–Kier alpha value is -5.21. The van der Waals surface area contributed by atoms with Gasteiger partial charge in [0.15, 0.2) is 0 Å². The number of benzene rings is 4. The SMILES string of the molecule is C[Si](C)(C)CCOC[C@H](C[C@]1([C@@]2(C[C@@H](COCC[Si](C)(C)C)N=[N+]=[N-])C(=O)N(Cc3ccccc3)c3ccccc32)C(=O)N(Cc2ccccc2)c2ccccc21)N=[N+]=[N-]. The van der Waals surface area contributed by atoms with Crippen LogP contribution in [0.4, 0.5) is 11.4 Å². The highest BCUT2D eigenvalue weighted by Crippen LogP contribution is 2.62. The van der Waals surface area contributed by atoms with Crippen molar-refractivity contribution in [2.75, 3.05) is 36.2 Å². The van der Waals surface area contributed by atoms with E-state index in [-0.39, 0.29) is 51.0 Å². The quantitative estimate of drug-likeness (QED) is 0.0269. The van der Waals surface area contributed by atoms with Gasteiger partial charge in [-0.2, -0.15) is 0 Å². The van der Waals surface area contributed by atoms with Crippen LogP contribution in [0.5, 0.6) is 0 Å². The molecule has 12 nitrogen and oxygen atoms in total. The minimum absolute atomic E-state index is 0.0378. The summed E-state index contributed by atoms with van der Waals surface area (Å²) in [5.41, 5.74) is 21.4. The number of carbonyl (C=O) groups is 2. The van der Waals surface area contributed by atoms with E-state index in [0.717, 1.165) is 23.2 Å². The van der Waals surface area contributed by atoms with E-state index >= 15 is 9.59 Å². The molecule has 4 aromatic rings. The van der Waals surface area contributed by atoms with Crippen LogP contribution in [-0.4, -0.2) is 66.5 Å². The van der Waals surface area contributed by atoms with E-state index in [1.54, 1.807) is 9.80 Å². The molecular weight excluding hydrogens is 785 g/mol. The molecule has 0 N–H and O–H groups in total. The maximum atomic E-state index is 16.3. The maximum absolute atomic E-state index is 16.3. The van der Waals surface area contributed by atoms with Gasteiger partial charge in [-0.25, -0.2) is 0 Å². The molecule has 0 aliphatic carbocycles. The Kier molecular flexibility index (Phi) is 14.1. The summed E-state index contributed by atoms with van der Waals surface area (Å²) in [7, 11) is -2.93. The number of ether oxygens (including phenoxy) is 2. The van der Waals surface area contributed by atoms with Gasteiger partial charge in [-0.1, -0.05) is 147 Å². The highest BCUT2D eigenvalue weighted by atomic mass is 28.3. The monoisotopic (exact) mass is 842 g/mol. The van der Waals surface area contributed by atoms with E-state index in [9.17, 15) is 11.1 Å². The smallest absolute Gasteiger partial charge is 0.239 e. The third kappa shape index (κ3) is 9.55. The van der Waals surface area contributed by atoms with E-state index in [4.69, 9.17) is 9.47 Å². The molecule has 0 aromatic heterocycles. The van der Waals surface area contributed by atoms with Gasteiger partial charge in [-0.15, -0.1) is 0 Å². The number of hydrogen-bond acceptors (Lipinski definition) is 6.